The Kier molecular flexibility index (Phi) is 5.26. The maximum atomic E-state index is 6.01. The molecule has 1 aromatic heterocycles. The van der Waals surface area contributed by atoms with Crippen LogP contribution in [0.3, 0.4) is 0 Å². The van der Waals surface area contributed by atoms with Crippen molar-refractivity contribution < 1.29 is 0 Å². The second kappa shape index (κ2) is 6.96. The first-order chi connectivity index (χ1) is 9.94. The molecule has 0 saturated carbocycles. The fourth-order valence-electron chi connectivity index (χ4n) is 1.75. The van der Waals surface area contributed by atoms with Gasteiger partial charge in [0.1, 0.15) is 17.5 Å². The number of hydrogen-bond donors (Lipinski definition) is 2. The van der Waals surface area contributed by atoms with Crippen LogP contribution in [0.2, 0.25) is 10.0 Å². The second-order valence-corrected chi connectivity index (χ2v) is 6.03. The molecular formula is C15H18Cl2N4. The summed E-state index contributed by atoms with van der Waals surface area (Å²) in [5.41, 5.74) is 0.831. The molecule has 0 spiro atoms. The SMILES string of the molecule is Cc1nc(NCC(C)C)cc(Nc2ccc(Cl)c(Cl)c2)n1. The topological polar surface area (TPSA) is 49.8 Å². The third-order valence-corrected chi connectivity index (χ3v) is 3.46. The Hall–Kier alpha value is -1.52. The van der Waals surface area contributed by atoms with Gasteiger partial charge >= 0.3 is 0 Å². The third-order valence-electron chi connectivity index (χ3n) is 2.72. The van der Waals surface area contributed by atoms with Gasteiger partial charge in [-0.3, -0.25) is 0 Å². The van der Waals surface area contributed by atoms with Crippen molar-refractivity contribution in [2.75, 3.05) is 17.2 Å². The van der Waals surface area contributed by atoms with Gasteiger partial charge in [-0.05, 0) is 31.0 Å². The first-order valence-corrected chi connectivity index (χ1v) is 7.51. The van der Waals surface area contributed by atoms with Crippen LogP contribution in [-0.2, 0) is 0 Å². The van der Waals surface area contributed by atoms with E-state index in [2.05, 4.69) is 34.4 Å². The molecule has 0 aliphatic rings. The molecule has 4 nitrogen and oxygen atoms in total. The van der Waals surface area contributed by atoms with Crippen LogP contribution in [0.4, 0.5) is 17.3 Å². The number of rotatable bonds is 5. The second-order valence-electron chi connectivity index (χ2n) is 5.21. The molecule has 6 heteroatoms. The van der Waals surface area contributed by atoms with Gasteiger partial charge in [0.25, 0.3) is 0 Å². The minimum absolute atomic E-state index is 0.505. The lowest BCUT2D eigenvalue weighted by Crippen LogP contribution is -2.10. The molecule has 0 aliphatic heterocycles. The predicted octanol–water partition coefficient (Wildman–Crippen LogP) is 4.90. The minimum atomic E-state index is 0.505. The Morgan fingerprint density at radius 2 is 1.76 bits per heavy atom. The average molecular weight is 325 g/mol. The molecule has 0 saturated heterocycles. The Morgan fingerprint density at radius 1 is 1.05 bits per heavy atom. The normalized spacial score (nSPS) is 10.8. The zero-order valence-electron chi connectivity index (χ0n) is 12.2. The molecule has 0 fully saturated rings. The van der Waals surface area contributed by atoms with Gasteiger partial charge in [-0.1, -0.05) is 37.0 Å². The standard InChI is InChI=1S/C15H18Cl2N4/c1-9(2)8-18-14-7-15(20-10(3)19-14)21-11-4-5-12(16)13(17)6-11/h4-7,9H,8H2,1-3H3,(H2,18,19,20,21). The highest BCUT2D eigenvalue weighted by Gasteiger charge is 2.05. The van der Waals surface area contributed by atoms with Gasteiger partial charge in [-0.15, -0.1) is 0 Å². The van der Waals surface area contributed by atoms with Crippen LogP contribution >= 0.6 is 23.2 Å². The van der Waals surface area contributed by atoms with Crippen LogP contribution in [0.15, 0.2) is 24.3 Å². The van der Waals surface area contributed by atoms with Crippen LogP contribution in [0.1, 0.15) is 19.7 Å². The number of nitrogens with zero attached hydrogens (tertiary/aromatic N) is 2. The summed E-state index contributed by atoms with van der Waals surface area (Å²) in [6.45, 7) is 7.02. The molecule has 0 unspecified atom stereocenters. The summed E-state index contributed by atoms with van der Waals surface area (Å²) in [4.78, 5) is 8.74. The van der Waals surface area contributed by atoms with E-state index in [1.54, 1.807) is 12.1 Å². The van der Waals surface area contributed by atoms with Crippen molar-refractivity contribution in [3.05, 3.63) is 40.1 Å². The molecule has 0 radical (unpaired) electrons. The number of anilines is 3. The summed E-state index contributed by atoms with van der Waals surface area (Å²) in [6.07, 6.45) is 0. The van der Waals surface area contributed by atoms with Gasteiger partial charge in [0, 0.05) is 18.3 Å². The molecule has 2 rings (SSSR count). The molecule has 0 amide bonds. The van der Waals surface area contributed by atoms with Crippen LogP contribution < -0.4 is 10.6 Å². The van der Waals surface area contributed by atoms with Crippen LogP contribution in [0.25, 0.3) is 0 Å². The summed E-state index contributed by atoms with van der Waals surface area (Å²) >= 11 is 11.9. The van der Waals surface area contributed by atoms with Crippen molar-refractivity contribution >= 4 is 40.5 Å². The first-order valence-electron chi connectivity index (χ1n) is 6.75. The zero-order valence-corrected chi connectivity index (χ0v) is 13.8. The molecule has 0 aliphatic carbocycles. The molecule has 2 aromatic rings. The summed E-state index contributed by atoms with van der Waals surface area (Å²) < 4.78 is 0. The monoisotopic (exact) mass is 324 g/mol. The summed E-state index contributed by atoms with van der Waals surface area (Å²) in [6, 6.07) is 7.24. The Bertz CT molecular complexity index is 629. The van der Waals surface area contributed by atoms with Gasteiger partial charge < -0.3 is 10.6 Å². The van der Waals surface area contributed by atoms with Crippen molar-refractivity contribution in [3.8, 4) is 0 Å². The number of hydrogen-bond acceptors (Lipinski definition) is 4. The summed E-state index contributed by atoms with van der Waals surface area (Å²) in [5.74, 6) is 2.77. The third kappa shape index (κ3) is 4.76. The van der Waals surface area contributed by atoms with Crippen molar-refractivity contribution in [1.29, 1.82) is 0 Å². The van der Waals surface area contributed by atoms with E-state index >= 15 is 0 Å². The molecule has 1 heterocycles. The van der Waals surface area contributed by atoms with E-state index in [0.717, 1.165) is 18.1 Å². The van der Waals surface area contributed by atoms with E-state index in [-0.39, 0.29) is 0 Å². The molecule has 0 bridgehead atoms. The molecule has 21 heavy (non-hydrogen) atoms. The van der Waals surface area contributed by atoms with Crippen molar-refractivity contribution in [2.45, 2.75) is 20.8 Å². The Morgan fingerprint density at radius 3 is 2.43 bits per heavy atom. The number of nitrogens with one attached hydrogen (secondary N) is 2. The largest absolute Gasteiger partial charge is 0.370 e. The molecule has 1 aromatic carbocycles. The first kappa shape index (κ1) is 15.9. The van der Waals surface area contributed by atoms with E-state index in [1.807, 2.05) is 19.1 Å². The lowest BCUT2D eigenvalue weighted by atomic mass is 10.2. The van der Waals surface area contributed by atoms with E-state index in [4.69, 9.17) is 23.2 Å². The molecule has 112 valence electrons. The number of halogens is 2. The van der Waals surface area contributed by atoms with E-state index in [1.165, 1.54) is 0 Å². The van der Waals surface area contributed by atoms with Crippen molar-refractivity contribution in [3.63, 3.8) is 0 Å². The minimum Gasteiger partial charge on any atom is -0.370 e. The highest BCUT2D eigenvalue weighted by atomic mass is 35.5. The Balaban J connectivity index is 2.17. The van der Waals surface area contributed by atoms with Gasteiger partial charge in [0.2, 0.25) is 0 Å². The number of aromatic nitrogens is 2. The quantitative estimate of drug-likeness (QED) is 0.820. The van der Waals surface area contributed by atoms with Gasteiger partial charge in [0.15, 0.2) is 0 Å². The zero-order chi connectivity index (χ0) is 15.4. The number of aryl methyl sites for hydroxylation is 1. The van der Waals surface area contributed by atoms with Crippen LogP contribution in [0, 0.1) is 12.8 Å². The smallest absolute Gasteiger partial charge is 0.136 e. The highest BCUT2D eigenvalue weighted by Crippen LogP contribution is 2.27. The highest BCUT2D eigenvalue weighted by molar-refractivity contribution is 6.42. The summed E-state index contributed by atoms with van der Waals surface area (Å²) in [5, 5.41) is 7.53. The fraction of sp³-hybridized carbons (Fsp3) is 0.333. The van der Waals surface area contributed by atoms with Gasteiger partial charge in [-0.25, -0.2) is 9.97 Å². The lowest BCUT2D eigenvalue weighted by Gasteiger charge is -2.12. The van der Waals surface area contributed by atoms with Crippen molar-refractivity contribution in [2.24, 2.45) is 5.92 Å². The lowest BCUT2D eigenvalue weighted by molar-refractivity contribution is 0.686. The molecule has 2 N–H and O–H groups in total. The molecular weight excluding hydrogens is 307 g/mol. The average Bonchev–Trinajstić information content (AvgIpc) is 2.40. The van der Waals surface area contributed by atoms with Crippen LogP contribution in [-0.4, -0.2) is 16.5 Å². The number of benzene rings is 1. The maximum Gasteiger partial charge on any atom is 0.136 e. The maximum absolute atomic E-state index is 6.01. The Labute approximate surface area is 134 Å². The van der Waals surface area contributed by atoms with E-state index in [9.17, 15) is 0 Å². The molecule has 0 atom stereocenters. The van der Waals surface area contributed by atoms with Crippen LogP contribution in [0.5, 0.6) is 0 Å². The predicted molar refractivity (Wildman–Crippen MR) is 89.8 cm³/mol. The van der Waals surface area contributed by atoms with E-state index in [0.29, 0.717) is 27.6 Å². The fourth-order valence-corrected chi connectivity index (χ4v) is 2.05. The van der Waals surface area contributed by atoms with Gasteiger partial charge in [0.05, 0.1) is 10.0 Å². The summed E-state index contributed by atoms with van der Waals surface area (Å²) in [7, 11) is 0. The van der Waals surface area contributed by atoms with Crippen molar-refractivity contribution in [1.82, 2.24) is 9.97 Å². The van der Waals surface area contributed by atoms with Gasteiger partial charge in [-0.2, -0.15) is 0 Å². The van der Waals surface area contributed by atoms with E-state index < -0.39 is 0 Å².